The highest BCUT2D eigenvalue weighted by Crippen LogP contribution is 2.33. The first-order valence-electron chi connectivity index (χ1n) is 8.30. The van der Waals surface area contributed by atoms with E-state index >= 15 is 0 Å². The van der Waals surface area contributed by atoms with Crippen LogP contribution in [0.3, 0.4) is 0 Å². The molecule has 0 amide bonds. The molecular formula is C18H29BrN2. The predicted molar refractivity (Wildman–Crippen MR) is 96.1 cm³/mol. The molecule has 3 unspecified atom stereocenters. The molecule has 0 aromatic heterocycles. The summed E-state index contributed by atoms with van der Waals surface area (Å²) in [7, 11) is 2.25. The fourth-order valence-electron chi connectivity index (χ4n) is 3.57. The van der Waals surface area contributed by atoms with Crippen molar-refractivity contribution in [2.24, 2.45) is 5.92 Å². The van der Waals surface area contributed by atoms with Crippen molar-refractivity contribution in [2.45, 2.75) is 58.5 Å². The van der Waals surface area contributed by atoms with Crippen molar-refractivity contribution >= 4 is 21.6 Å². The molecule has 1 aromatic rings. The summed E-state index contributed by atoms with van der Waals surface area (Å²) in [5.74, 6) is 0.794. The zero-order valence-electron chi connectivity index (χ0n) is 13.8. The Bertz CT molecular complexity index is 461. The molecule has 1 aliphatic rings. The number of anilines is 1. The van der Waals surface area contributed by atoms with Crippen molar-refractivity contribution in [1.82, 2.24) is 5.32 Å². The smallest absolute Gasteiger partial charge is 0.0377 e. The van der Waals surface area contributed by atoms with E-state index in [4.69, 9.17) is 0 Å². The van der Waals surface area contributed by atoms with E-state index in [0.29, 0.717) is 12.1 Å². The summed E-state index contributed by atoms with van der Waals surface area (Å²) in [5, 5.41) is 3.48. The van der Waals surface area contributed by atoms with Gasteiger partial charge in [-0.1, -0.05) is 48.7 Å². The molecule has 0 radical (unpaired) electrons. The quantitative estimate of drug-likeness (QED) is 0.789. The molecule has 3 heteroatoms. The van der Waals surface area contributed by atoms with Crippen LogP contribution in [-0.4, -0.2) is 19.6 Å². The number of hydrogen-bond acceptors (Lipinski definition) is 2. The zero-order chi connectivity index (χ0) is 15.4. The molecule has 2 nitrogen and oxygen atoms in total. The minimum absolute atomic E-state index is 0.386. The number of rotatable bonds is 5. The van der Waals surface area contributed by atoms with Gasteiger partial charge in [0.15, 0.2) is 0 Å². The number of nitrogens with zero attached hydrogens (tertiary/aromatic N) is 1. The molecule has 1 aliphatic carbocycles. The summed E-state index contributed by atoms with van der Waals surface area (Å²) >= 11 is 3.76. The molecule has 0 heterocycles. The number of nitrogens with one attached hydrogen (secondary N) is 1. The molecule has 0 spiro atoms. The average Bonchev–Trinajstić information content (AvgIpc) is 2.47. The molecule has 1 fully saturated rings. The van der Waals surface area contributed by atoms with Crippen LogP contribution in [0.2, 0.25) is 0 Å². The summed E-state index contributed by atoms with van der Waals surface area (Å²) in [5.41, 5.74) is 2.67. The third kappa shape index (κ3) is 4.01. The topological polar surface area (TPSA) is 15.3 Å². The SMILES string of the molecule is CCNC(C)c1ccc(N(C)C2CCCCC2C)cc1Br. The van der Waals surface area contributed by atoms with Crippen molar-refractivity contribution in [3.63, 3.8) is 0 Å². The van der Waals surface area contributed by atoms with Gasteiger partial charge in [0.1, 0.15) is 0 Å². The third-order valence-electron chi connectivity index (χ3n) is 4.93. The van der Waals surface area contributed by atoms with Crippen molar-refractivity contribution in [2.75, 3.05) is 18.5 Å². The van der Waals surface area contributed by atoms with Crippen molar-refractivity contribution in [3.8, 4) is 0 Å². The van der Waals surface area contributed by atoms with Crippen molar-refractivity contribution in [1.29, 1.82) is 0 Å². The predicted octanol–water partition coefficient (Wildman–Crippen LogP) is 5.13. The minimum Gasteiger partial charge on any atom is -0.371 e. The van der Waals surface area contributed by atoms with Crippen LogP contribution in [0.15, 0.2) is 22.7 Å². The maximum atomic E-state index is 3.76. The average molecular weight is 353 g/mol. The van der Waals surface area contributed by atoms with Crippen molar-refractivity contribution in [3.05, 3.63) is 28.2 Å². The summed E-state index contributed by atoms with van der Waals surface area (Å²) in [6, 6.07) is 7.89. The standard InChI is InChI=1S/C18H29BrN2/c1-5-20-14(3)16-11-10-15(12-17(16)19)21(4)18-9-7-6-8-13(18)2/h10-14,18,20H,5-9H2,1-4H3. The van der Waals surface area contributed by atoms with E-state index in [9.17, 15) is 0 Å². The van der Waals surface area contributed by atoms with E-state index in [2.05, 4.69) is 72.2 Å². The van der Waals surface area contributed by atoms with E-state index in [-0.39, 0.29) is 0 Å². The maximum absolute atomic E-state index is 3.76. The molecule has 1 N–H and O–H groups in total. The Morgan fingerprint density at radius 3 is 2.67 bits per heavy atom. The van der Waals surface area contributed by atoms with Crippen LogP contribution in [0.25, 0.3) is 0 Å². The normalized spacial score (nSPS) is 23.9. The van der Waals surface area contributed by atoms with Crippen LogP contribution in [0.1, 0.15) is 58.1 Å². The van der Waals surface area contributed by atoms with Crippen molar-refractivity contribution < 1.29 is 0 Å². The lowest BCUT2D eigenvalue weighted by Gasteiger charge is -2.38. The number of halogens is 1. The van der Waals surface area contributed by atoms with Gasteiger partial charge in [-0.15, -0.1) is 0 Å². The Hall–Kier alpha value is -0.540. The first kappa shape index (κ1) is 16.8. The monoisotopic (exact) mass is 352 g/mol. The molecule has 1 aromatic carbocycles. The van der Waals surface area contributed by atoms with Crippen LogP contribution in [0.4, 0.5) is 5.69 Å². The van der Waals surface area contributed by atoms with Gasteiger partial charge in [0.25, 0.3) is 0 Å². The summed E-state index contributed by atoms with van der Waals surface area (Å²) < 4.78 is 1.21. The van der Waals surface area contributed by atoms with Crippen LogP contribution in [0.5, 0.6) is 0 Å². The first-order chi connectivity index (χ1) is 10.0. The van der Waals surface area contributed by atoms with Gasteiger partial charge in [0, 0.05) is 29.3 Å². The van der Waals surface area contributed by atoms with E-state index in [0.717, 1.165) is 12.5 Å². The molecule has 0 saturated heterocycles. The fourth-order valence-corrected chi connectivity index (χ4v) is 4.28. The Morgan fingerprint density at radius 1 is 1.33 bits per heavy atom. The molecule has 118 valence electrons. The Morgan fingerprint density at radius 2 is 2.05 bits per heavy atom. The fraction of sp³-hybridized carbons (Fsp3) is 0.667. The van der Waals surface area contributed by atoms with E-state index in [1.54, 1.807) is 0 Å². The molecule has 0 bridgehead atoms. The number of hydrogen-bond donors (Lipinski definition) is 1. The van der Waals surface area contributed by atoms with Gasteiger partial charge >= 0.3 is 0 Å². The highest BCUT2D eigenvalue weighted by atomic mass is 79.9. The van der Waals surface area contributed by atoms with Crippen LogP contribution < -0.4 is 10.2 Å². The molecule has 0 aliphatic heterocycles. The second kappa shape index (κ2) is 7.64. The van der Waals surface area contributed by atoms with Gasteiger partial charge in [-0.05, 0) is 49.9 Å². The van der Waals surface area contributed by atoms with Crippen LogP contribution in [-0.2, 0) is 0 Å². The van der Waals surface area contributed by atoms with Crippen LogP contribution in [0, 0.1) is 5.92 Å². The summed E-state index contributed by atoms with van der Waals surface area (Å²) in [6.07, 6.45) is 5.46. The summed E-state index contributed by atoms with van der Waals surface area (Å²) in [6.45, 7) is 7.76. The Kier molecular flexibility index (Phi) is 6.12. The second-order valence-corrected chi connectivity index (χ2v) is 7.28. The van der Waals surface area contributed by atoms with Gasteiger partial charge in [-0.3, -0.25) is 0 Å². The third-order valence-corrected chi connectivity index (χ3v) is 5.62. The summed E-state index contributed by atoms with van der Waals surface area (Å²) in [4.78, 5) is 2.48. The molecule has 2 rings (SSSR count). The molecular weight excluding hydrogens is 324 g/mol. The van der Waals surface area contributed by atoms with Gasteiger partial charge in [0.05, 0.1) is 0 Å². The van der Waals surface area contributed by atoms with Gasteiger partial charge < -0.3 is 10.2 Å². The van der Waals surface area contributed by atoms with E-state index in [1.165, 1.54) is 41.4 Å². The maximum Gasteiger partial charge on any atom is 0.0377 e. The lowest BCUT2D eigenvalue weighted by molar-refractivity contribution is 0.321. The van der Waals surface area contributed by atoms with E-state index in [1.807, 2.05) is 0 Å². The highest BCUT2D eigenvalue weighted by Gasteiger charge is 2.25. The second-order valence-electron chi connectivity index (χ2n) is 6.43. The Labute approximate surface area is 138 Å². The largest absolute Gasteiger partial charge is 0.371 e. The van der Waals surface area contributed by atoms with Gasteiger partial charge in [0.2, 0.25) is 0 Å². The Balaban J connectivity index is 2.15. The minimum atomic E-state index is 0.386. The zero-order valence-corrected chi connectivity index (χ0v) is 15.4. The lowest BCUT2D eigenvalue weighted by Crippen LogP contribution is -2.39. The molecule has 1 saturated carbocycles. The van der Waals surface area contributed by atoms with Crippen LogP contribution >= 0.6 is 15.9 Å². The van der Waals surface area contributed by atoms with Gasteiger partial charge in [-0.25, -0.2) is 0 Å². The molecule has 21 heavy (non-hydrogen) atoms. The number of benzene rings is 1. The highest BCUT2D eigenvalue weighted by molar-refractivity contribution is 9.10. The molecule has 3 atom stereocenters. The lowest BCUT2D eigenvalue weighted by atomic mass is 9.85. The first-order valence-corrected chi connectivity index (χ1v) is 9.09. The van der Waals surface area contributed by atoms with E-state index < -0.39 is 0 Å². The van der Waals surface area contributed by atoms with Gasteiger partial charge in [-0.2, -0.15) is 0 Å².